The summed E-state index contributed by atoms with van der Waals surface area (Å²) in [6.07, 6.45) is 0.434. The lowest BCUT2D eigenvalue weighted by Gasteiger charge is -2.19. The molecule has 24 heavy (non-hydrogen) atoms. The number of aromatic amines is 1. The van der Waals surface area contributed by atoms with Crippen molar-refractivity contribution in [3.05, 3.63) is 26.6 Å². The molecule has 0 saturated carbocycles. The standard InChI is InChI=1S/C16H21N3O4S/c1-4-19(8-7-13(21)22)12(20)6-5-11-17-15(23)14-9(2)10(3)24-16(14)18-11/h4-8H2,1-3H3,(H,21,22)(H,17,18,23). The summed E-state index contributed by atoms with van der Waals surface area (Å²) in [5, 5.41) is 9.33. The minimum Gasteiger partial charge on any atom is -0.481 e. The predicted octanol–water partition coefficient (Wildman–Crippen LogP) is 1.86. The molecule has 0 spiro atoms. The Morgan fingerprint density at radius 3 is 2.62 bits per heavy atom. The molecule has 0 fully saturated rings. The maximum Gasteiger partial charge on any atom is 0.305 e. The van der Waals surface area contributed by atoms with Crippen molar-refractivity contribution in [1.82, 2.24) is 14.9 Å². The highest BCUT2D eigenvalue weighted by molar-refractivity contribution is 7.18. The largest absolute Gasteiger partial charge is 0.481 e. The second-order valence-electron chi connectivity index (χ2n) is 5.59. The number of fused-ring (bicyclic) bond motifs is 1. The molecule has 0 aliphatic rings. The van der Waals surface area contributed by atoms with Gasteiger partial charge in [0.05, 0.1) is 11.8 Å². The molecular formula is C16H21N3O4S. The van der Waals surface area contributed by atoms with Crippen LogP contribution >= 0.6 is 11.3 Å². The first-order valence-corrected chi connectivity index (χ1v) is 8.63. The van der Waals surface area contributed by atoms with Gasteiger partial charge in [-0.2, -0.15) is 0 Å². The first kappa shape index (κ1) is 18.1. The molecule has 0 bridgehead atoms. The molecule has 2 aromatic rings. The molecule has 0 radical (unpaired) electrons. The normalized spacial score (nSPS) is 11.0. The smallest absolute Gasteiger partial charge is 0.305 e. The molecule has 2 heterocycles. The Hall–Kier alpha value is -2.22. The summed E-state index contributed by atoms with van der Waals surface area (Å²) in [4.78, 5) is 45.4. The van der Waals surface area contributed by atoms with Crippen LogP contribution in [0.3, 0.4) is 0 Å². The van der Waals surface area contributed by atoms with E-state index in [0.717, 1.165) is 10.4 Å². The molecule has 0 aromatic carbocycles. The van der Waals surface area contributed by atoms with Gasteiger partial charge in [-0.25, -0.2) is 4.98 Å². The molecule has 2 aromatic heterocycles. The number of hydrogen-bond donors (Lipinski definition) is 2. The minimum absolute atomic E-state index is 0.0750. The number of amides is 1. The second kappa shape index (κ2) is 7.57. The number of thiophene rings is 1. The van der Waals surface area contributed by atoms with Crippen LogP contribution in [0.15, 0.2) is 4.79 Å². The Morgan fingerprint density at radius 2 is 2.00 bits per heavy atom. The average Bonchev–Trinajstić information content (AvgIpc) is 2.80. The van der Waals surface area contributed by atoms with Gasteiger partial charge in [0.2, 0.25) is 5.91 Å². The lowest BCUT2D eigenvalue weighted by molar-refractivity contribution is -0.138. The molecule has 1 amide bonds. The van der Waals surface area contributed by atoms with E-state index in [1.807, 2.05) is 20.8 Å². The van der Waals surface area contributed by atoms with Crippen molar-refractivity contribution in [1.29, 1.82) is 0 Å². The Kier molecular flexibility index (Phi) is 5.71. The molecule has 0 unspecified atom stereocenters. The van der Waals surface area contributed by atoms with E-state index in [2.05, 4.69) is 9.97 Å². The topological polar surface area (TPSA) is 103 Å². The van der Waals surface area contributed by atoms with Crippen LogP contribution < -0.4 is 5.56 Å². The van der Waals surface area contributed by atoms with Crippen molar-refractivity contribution in [3.63, 3.8) is 0 Å². The second-order valence-corrected chi connectivity index (χ2v) is 6.80. The van der Waals surface area contributed by atoms with Gasteiger partial charge in [0.1, 0.15) is 10.7 Å². The van der Waals surface area contributed by atoms with Gasteiger partial charge < -0.3 is 15.0 Å². The van der Waals surface area contributed by atoms with Gasteiger partial charge in [-0.3, -0.25) is 14.4 Å². The molecular weight excluding hydrogens is 330 g/mol. The summed E-state index contributed by atoms with van der Waals surface area (Å²) in [5.41, 5.74) is 0.764. The number of carboxylic acid groups (broad SMARTS) is 1. The molecule has 0 atom stereocenters. The minimum atomic E-state index is -0.930. The van der Waals surface area contributed by atoms with Gasteiger partial charge in [-0.1, -0.05) is 0 Å². The number of carboxylic acids is 1. The van der Waals surface area contributed by atoms with Crippen LogP contribution in [0.5, 0.6) is 0 Å². The van der Waals surface area contributed by atoms with Crippen LogP contribution in [0.4, 0.5) is 0 Å². The summed E-state index contributed by atoms with van der Waals surface area (Å²) < 4.78 is 0. The van der Waals surface area contributed by atoms with Gasteiger partial charge in [0, 0.05) is 30.8 Å². The van der Waals surface area contributed by atoms with Gasteiger partial charge in [-0.15, -0.1) is 11.3 Å². The summed E-state index contributed by atoms with van der Waals surface area (Å²) in [7, 11) is 0. The highest BCUT2D eigenvalue weighted by Crippen LogP contribution is 2.25. The maximum atomic E-state index is 12.2. The Morgan fingerprint density at radius 1 is 1.29 bits per heavy atom. The quantitative estimate of drug-likeness (QED) is 0.792. The molecule has 0 saturated heterocycles. The van der Waals surface area contributed by atoms with Gasteiger partial charge >= 0.3 is 5.97 Å². The van der Waals surface area contributed by atoms with Gasteiger partial charge in [0.25, 0.3) is 5.56 Å². The number of carbonyl (C=O) groups is 2. The fourth-order valence-electron chi connectivity index (χ4n) is 2.49. The lowest BCUT2D eigenvalue weighted by Crippen LogP contribution is -2.33. The first-order valence-electron chi connectivity index (χ1n) is 7.82. The summed E-state index contributed by atoms with van der Waals surface area (Å²) >= 11 is 1.47. The zero-order valence-electron chi connectivity index (χ0n) is 14.0. The van der Waals surface area contributed by atoms with Crippen LogP contribution in [0.2, 0.25) is 0 Å². The van der Waals surface area contributed by atoms with Crippen molar-refractivity contribution >= 4 is 33.4 Å². The highest BCUT2D eigenvalue weighted by atomic mass is 32.1. The van der Waals surface area contributed by atoms with Crippen molar-refractivity contribution in [2.75, 3.05) is 13.1 Å². The van der Waals surface area contributed by atoms with Crippen molar-refractivity contribution < 1.29 is 14.7 Å². The lowest BCUT2D eigenvalue weighted by atomic mass is 10.2. The van der Waals surface area contributed by atoms with E-state index in [1.165, 1.54) is 16.2 Å². The van der Waals surface area contributed by atoms with E-state index in [-0.39, 0.29) is 30.9 Å². The van der Waals surface area contributed by atoms with Crippen LogP contribution in [0.1, 0.15) is 36.0 Å². The summed E-state index contributed by atoms with van der Waals surface area (Å²) in [5.74, 6) is -0.586. The number of rotatable bonds is 7. The fraction of sp³-hybridized carbons (Fsp3) is 0.500. The number of nitrogens with zero attached hydrogens (tertiary/aromatic N) is 2. The maximum absolute atomic E-state index is 12.2. The van der Waals surface area contributed by atoms with E-state index in [4.69, 9.17) is 5.11 Å². The Labute approximate surface area is 143 Å². The van der Waals surface area contributed by atoms with Crippen molar-refractivity contribution in [2.24, 2.45) is 0 Å². The fourth-order valence-corrected chi connectivity index (χ4v) is 3.54. The molecule has 0 aliphatic heterocycles. The zero-order chi connectivity index (χ0) is 17.9. The average molecular weight is 351 g/mol. The van der Waals surface area contributed by atoms with E-state index >= 15 is 0 Å². The van der Waals surface area contributed by atoms with Gasteiger partial charge in [-0.05, 0) is 26.3 Å². The molecule has 130 valence electrons. The van der Waals surface area contributed by atoms with E-state index in [9.17, 15) is 14.4 Å². The van der Waals surface area contributed by atoms with Crippen molar-refractivity contribution in [3.8, 4) is 0 Å². The van der Waals surface area contributed by atoms with E-state index < -0.39 is 5.97 Å². The number of H-pyrrole nitrogens is 1. The predicted molar refractivity (Wildman–Crippen MR) is 92.5 cm³/mol. The number of hydrogen-bond acceptors (Lipinski definition) is 5. The number of aliphatic carboxylic acids is 1. The number of aryl methyl sites for hydroxylation is 3. The third-order valence-corrected chi connectivity index (χ3v) is 5.09. The molecule has 7 nitrogen and oxygen atoms in total. The van der Waals surface area contributed by atoms with Crippen LogP contribution in [0.25, 0.3) is 10.2 Å². The molecule has 2 rings (SSSR count). The summed E-state index contributed by atoms with van der Waals surface area (Å²) in [6, 6.07) is 0. The van der Waals surface area contributed by atoms with Crippen LogP contribution in [-0.4, -0.2) is 44.9 Å². The molecule has 2 N–H and O–H groups in total. The molecule has 0 aliphatic carbocycles. The first-order chi connectivity index (χ1) is 11.3. The van der Waals surface area contributed by atoms with E-state index in [0.29, 0.717) is 29.0 Å². The number of aromatic nitrogens is 2. The third kappa shape index (κ3) is 4.00. The monoisotopic (exact) mass is 351 g/mol. The van der Waals surface area contributed by atoms with Gasteiger partial charge in [0.15, 0.2) is 0 Å². The third-order valence-electron chi connectivity index (χ3n) is 3.99. The Balaban J connectivity index is 2.08. The summed E-state index contributed by atoms with van der Waals surface area (Å²) in [6.45, 7) is 6.31. The van der Waals surface area contributed by atoms with Crippen LogP contribution in [-0.2, 0) is 16.0 Å². The number of carbonyl (C=O) groups excluding carboxylic acids is 1. The SMILES string of the molecule is CCN(CCC(=O)O)C(=O)CCc1nc2sc(C)c(C)c2c(=O)[nH]1. The van der Waals surface area contributed by atoms with Crippen molar-refractivity contribution in [2.45, 2.75) is 40.0 Å². The number of nitrogens with one attached hydrogen (secondary N) is 1. The molecule has 8 heteroatoms. The Bertz CT molecular complexity index is 825. The van der Waals surface area contributed by atoms with Crippen LogP contribution in [0, 0.1) is 13.8 Å². The zero-order valence-corrected chi connectivity index (χ0v) is 14.8. The van der Waals surface area contributed by atoms with E-state index in [1.54, 1.807) is 0 Å². The highest BCUT2D eigenvalue weighted by Gasteiger charge is 2.15.